The number of ether oxygens (including phenoxy) is 1. The van der Waals surface area contributed by atoms with E-state index < -0.39 is 30.2 Å². The first kappa shape index (κ1) is 20.9. The molecular formula is C15H22ClFN4O4. The van der Waals surface area contributed by atoms with E-state index in [0.29, 0.717) is 0 Å². The average molecular weight is 377 g/mol. The van der Waals surface area contributed by atoms with E-state index in [-0.39, 0.29) is 48.6 Å². The standard InChI is InChI=1S/C15H22ClFN4O4/c1-3-9(12(18)22)11-10(14(23)25-2)13(19-7-4-6-17)21(8-5-16)15(24)20-11/h9H,3-8H2,1-2H3,(H2,18,22)(H,20,24)/b19-13-. The number of methoxy groups -OCH3 is 1. The predicted molar refractivity (Wildman–Crippen MR) is 90.4 cm³/mol. The molecule has 1 unspecified atom stereocenters. The van der Waals surface area contributed by atoms with Gasteiger partial charge in [-0.25, -0.2) is 9.59 Å². The van der Waals surface area contributed by atoms with Gasteiger partial charge in [-0.2, -0.15) is 0 Å². The van der Waals surface area contributed by atoms with Crippen LogP contribution in [0.1, 0.15) is 41.7 Å². The van der Waals surface area contributed by atoms with E-state index >= 15 is 0 Å². The number of carbonyl (C=O) groups excluding carboxylic acids is 2. The monoisotopic (exact) mass is 376 g/mol. The van der Waals surface area contributed by atoms with Crippen molar-refractivity contribution in [2.24, 2.45) is 10.7 Å². The van der Waals surface area contributed by atoms with Gasteiger partial charge in [-0.15, -0.1) is 11.6 Å². The Morgan fingerprint density at radius 1 is 1.48 bits per heavy atom. The first-order valence-corrected chi connectivity index (χ1v) is 8.33. The molecule has 1 rings (SSSR count). The second-order valence-corrected chi connectivity index (χ2v) is 5.54. The van der Waals surface area contributed by atoms with Crippen LogP contribution in [0.2, 0.25) is 0 Å². The van der Waals surface area contributed by atoms with E-state index in [2.05, 4.69) is 9.98 Å². The van der Waals surface area contributed by atoms with Gasteiger partial charge in [0.2, 0.25) is 5.91 Å². The average Bonchev–Trinajstić information content (AvgIpc) is 2.57. The fourth-order valence-electron chi connectivity index (χ4n) is 2.41. The highest BCUT2D eigenvalue weighted by Gasteiger charge is 2.27. The minimum absolute atomic E-state index is 0.000556. The van der Waals surface area contributed by atoms with Crippen molar-refractivity contribution in [1.82, 2.24) is 9.55 Å². The molecule has 0 aromatic carbocycles. The summed E-state index contributed by atoms with van der Waals surface area (Å²) in [6, 6.07) is 0. The van der Waals surface area contributed by atoms with Crippen molar-refractivity contribution >= 4 is 23.5 Å². The van der Waals surface area contributed by atoms with Crippen LogP contribution < -0.4 is 16.9 Å². The zero-order chi connectivity index (χ0) is 19.0. The molecule has 0 radical (unpaired) electrons. The number of esters is 1. The predicted octanol–water partition coefficient (Wildman–Crippen LogP) is 0.441. The third kappa shape index (κ3) is 4.91. The third-order valence-electron chi connectivity index (χ3n) is 3.59. The SMILES string of the molecule is CCC(C(N)=O)c1[nH]c(=O)n(CCCl)/c(=N\CCCF)c1C(=O)OC. The van der Waals surface area contributed by atoms with Gasteiger partial charge in [0, 0.05) is 19.0 Å². The number of aromatic amines is 1. The van der Waals surface area contributed by atoms with E-state index in [1.54, 1.807) is 6.92 Å². The number of hydrogen-bond donors (Lipinski definition) is 2. The molecule has 1 aromatic heterocycles. The lowest BCUT2D eigenvalue weighted by atomic mass is 9.97. The Bertz CT molecular complexity index is 744. The number of amides is 1. The highest BCUT2D eigenvalue weighted by molar-refractivity contribution is 6.17. The molecular weight excluding hydrogens is 355 g/mol. The fraction of sp³-hybridized carbons (Fsp3) is 0.600. The number of nitrogens with two attached hydrogens (primary N) is 1. The first-order chi connectivity index (χ1) is 11.9. The molecule has 10 heteroatoms. The maximum atomic E-state index is 12.4. The van der Waals surface area contributed by atoms with Gasteiger partial charge in [0.05, 0.1) is 25.4 Å². The molecule has 140 valence electrons. The number of H-pyrrole nitrogens is 1. The summed E-state index contributed by atoms with van der Waals surface area (Å²) in [5.41, 5.74) is 4.76. The van der Waals surface area contributed by atoms with Crippen LogP contribution in [-0.4, -0.2) is 47.6 Å². The Labute approximate surface area is 148 Å². The van der Waals surface area contributed by atoms with Gasteiger partial charge in [-0.05, 0) is 12.8 Å². The van der Waals surface area contributed by atoms with Crippen LogP contribution in [0, 0.1) is 0 Å². The van der Waals surface area contributed by atoms with Crippen LogP contribution >= 0.6 is 11.6 Å². The van der Waals surface area contributed by atoms with Gasteiger partial charge < -0.3 is 15.5 Å². The van der Waals surface area contributed by atoms with Gasteiger partial charge in [0.25, 0.3) is 0 Å². The summed E-state index contributed by atoms with van der Waals surface area (Å²) in [6.07, 6.45) is 0.384. The number of primary amides is 1. The fourth-order valence-corrected chi connectivity index (χ4v) is 2.58. The minimum atomic E-state index is -0.900. The molecule has 1 aromatic rings. The zero-order valence-corrected chi connectivity index (χ0v) is 14.9. The molecule has 25 heavy (non-hydrogen) atoms. The quantitative estimate of drug-likeness (QED) is 0.369. The minimum Gasteiger partial charge on any atom is -0.465 e. The smallest absolute Gasteiger partial charge is 0.343 e. The molecule has 0 aliphatic carbocycles. The van der Waals surface area contributed by atoms with Crippen molar-refractivity contribution < 1.29 is 18.7 Å². The van der Waals surface area contributed by atoms with Crippen molar-refractivity contribution in [3.05, 3.63) is 27.2 Å². The summed E-state index contributed by atoms with van der Waals surface area (Å²) < 4.78 is 18.3. The third-order valence-corrected chi connectivity index (χ3v) is 3.76. The molecule has 0 spiro atoms. The second-order valence-electron chi connectivity index (χ2n) is 5.16. The largest absolute Gasteiger partial charge is 0.465 e. The Morgan fingerprint density at radius 2 is 2.16 bits per heavy atom. The van der Waals surface area contributed by atoms with Gasteiger partial charge in [0.1, 0.15) is 11.1 Å². The van der Waals surface area contributed by atoms with Crippen LogP contribution in [0.25, 0.3) is 0 Å². The Balaban J connectivity index is 3.85. The summed E-state index contributed by atoms with van der Waals surface area (Å²) in [6.45, 7) is 1.22. The molecule has 0 fully saturated rings. The zero-order valence-electron chi connectivity index (χ0n) is 14.2. The van der Waals surface area contributed by atoms with Gasteiger partial charge in [-0.3, -0.25) is 18.7 Å². The molecule has 8 nitrogen and oxygen atoms in total. The number of nitrogens with zero attached hydrogens (tertiary/aromatic N) is 2. The van der Waals surface area contributed by atoms with Crippen LogP contribution in [0.15, 0.2) is 9.79 Å². The van der Waals surface area contributed by atoms with E-state index in [1.165, 1.54) is 7.11 Å². The molecule has 0 aliphatic heterocycles. The molecule has 0 saturated carbocycles. The Hall–Kier alpha value is -2.16. The number of halogens is 2. The summed E-state index contributed by atoms with van der Waals surface area (Å²) >= 11 is 5.72. The number of aromatic nitrogens is 2. The van der Waals surface area contributed by atoms with Crippen molar-refractivity contribution in [3.63, 3.8) is 0 Å². The van der Waals surface area contributed by atoms with Crippen molar-refractivity contribution in [3.8, 4) is 0 Å². The molecule has 0 saturated heterocycles. The van der Waals surface area contributed by atoms with E-state index in [4.69, 9.17) is 22.1 Å². The highest BCUT2D eigenvalue weighted by atomic mass is 35.5. The summed E-state index contributed by atoms with van der Waals surface area (Å²) in [7, 11) is 1.17. The molecule has 0 bridgehead atoms. The van der Waals surface area contributed by atoms with Crippen LogP contribution in [-0.2, 0) is 16.1 Å². The topological polar surface area (TPSA) is 120 Å². The molecule has 1 atom stereocenters. The maximum absolute atomic E-state index is 12.4. The molecule has 1 amide bonds. The van der Waals surface area contributed by atoms with E-state index in [9.17, 15) is 18.8 Å². The molecule has 0 aliphatic rings. The molecule has 1 heterocycles. The Morgan fingerprint density at radius 3 is 2.64 bits per heavy atom. The number of rotatable bonds is 9. The van der Waals surface area contributed by atoms with E-state index in [1.807, 2.05) is 0 Å². The lowest BCUT2D eigenvalue weighted by molar-refractivity contribution is -0.119. The number of carbonyl (C=O) groups is 2. The number of hydrogen-bond acceptors (Lipinski definition) is 5. The number of nitrogens with one attached hydrogen (secondary N) is 1. The summed E-state index contributed by atoms with van der Waals surface area (Å²) in [5, 5.41) is 0. The first-order valence-electron chi connectivity index (χ1n) is 7.79. The van der Waals surface area contributed by atoms with E-state index in [0.717, 1.165) is 4.57 Å². The summed E-state index contributed by atoms with van der Waals surface area (Å²) in [4.78, 5) is 43.1. The van der Waals surface area contributed by atoms with Crippen LogP contribution in [0.3, 0.4) is 0 Å². The lowest BCUT2D eigenvalue weighted by Crippen LogP contribution is -2.43. The van der Waals surface area contributed by atoms with Gasteiger partial charge >= 0.3 is 11.7 Å². The van der Waals surface area contributed by atoms with Crippen molar-refractivity contribution in [2.45, 2.75) is 32.2 Å². The summed E-state index contributed by atoms with van der Waals surface area (Å²) in [5.74, 6) is -2.30. The second kappa shape index (κ2) is 9.97. The van der Waals surface area contributed by atoms with Crippen molar-refractivity contribution in [2.75, 3.05) is 26.2 Å². The van der Waals surface area contributed by atoms with Gasteiger partial charge in [-0.1, -0.05) is 6.92 Å². The van der Waals surface area contributed by atoms with Crippen molar-refractivity contribution in [1.29, 1.82) is 0 Å². The Kier molecular flexibility index (Phi) is 8.33. The normalized spacial score (nSPS) is 12.9. The maximum Gasteiger partial charge on any atom is 0.343 e. The highest BCUT2D eigenvalue weighted by Crippen LogP contribution is 2.18. The lowest BCUT2D eigenvalue weighted by Gasteiger charge is -2.17. The van der Waals surface area contributed by atoms with Crippen LogP contribution in [0.4, 0.5) is 4.39 Å². The van der Waals surface area contributed by atoms with Crippen LogP contribution in [0.5, 0.6) is 0 Å². The number of alkyl halides is 2. The molecule has 3 N–H and O–H groups in total. The van der Waals surface area contributed by atoms with Gasteiger partial charge in [0.15, 0.2) is 0 Å².